The Balaban J connectivity index is 1.83. The van der Waals surface area contributed by atoms with E-state index in [-0.39, 0.29) is 5.56 Å². The average molecular weight is 336 g/mol. The van der Waals surface area contributed by atoms with E-state index >= 15 is 0 Å². The number of hydrogen-bond donors (Lipinski definition) is 0. The van der Waals surface area contributed by atoms with Crippen LogP contribution >= 0.6 is 11.3 Å². The molecule has 7 heteroatoms. The van der Waals surface area contributed by atoms with Crippen LogP contribution in [-0.2, 0) is 11.8 Å². The van der Waals surface area contributed by atoms with Crippen LogP contribution in [-0.4, -0.2) is 15.7 Å². The zero-order chi connectivity index (χ0) is 16.7. The predicted octanol–water partition coefficient (Wildman–Crippen LogP) is 4.14. The van der Waals surface area contributed by atoms with Crippen LogP contribution in [0.5, 0.6) is 0 Å². The molecule has 0 aliphatic heterocycles. The van der Waals surface area contributed by atoms with Gasteiger partial charge in [-0.2, -0.15) is 5.10 Å². The minimum Gasteiger partial charge on any atom is -0.453 e. The summed E-state index contributed by atoms with van der Waals surface area (Å²) >= 11 is 1.27. The molecule has 4 nitrogen and oxygen atoms in total. The fraction of sp³-hybridized carbons (Fsp3) is 0.250. The summed E-state index contributed by atoms with van der Waals surface area (Å²) in [6.07, 6.45) is -0.812. The summed E-state index contributed by atoms with van der Waals surface area (Å²) < 4.78 is 33.7. The lowest BCUT2D eigenvalue weighted by Crippen LogP contribution is -2.09. The normalized spacial score (nSPS) is 12.6. The molecule has 0 bridgehead atoms. The third kappa shape index (κ3) is 2.84. The summed E-state index contributed by atoms with van der Waals surface area (Å²) in [7, 11) is 1.80. The summed E-state index contributed by atoms with van der Waals surface area (Å²) in [5.41, 5.74) is 0.967. The van der Waals surface area contributed by atoms with Crippen LogP contribution in [0, 0.1) is 18.6 Å². The highest BCUT2D eigenvalue weighted by Gasteiger charge is 2.20. The van der Waals surface area contributed by atoms with E-state index in [0.29, 0.717) is 4.88 Å². The van der Waals surface area contributed by atoms with Crippen molar-refractivity contribution in [3.05, 3.63) is 52.0 Å². The second kappa shape index (κ2) is 5.73. The van der Waals surface area contributed by atoms with Crippen molar-refractivity contribution in [2.45, 2.75) is 20.0 Å². The van der Waals surface area contributed by atoms with E-state index < -0.39 is 23.7 Å². The van der Waals surface area contributed by atoms with Gasteiger partial charge in [-0.05, 0) is 32.0 Å². The van der Waals surface area contributed by atoms with Gasteiger partial charge < -0.3 is 4.74 Å². The summed E-state index contributed by atoms with van der Waals surface area (Å²) in [5, 5.41) is 5.16. The molecule has 2 aromatic heterocycles. The zero-order valence-electron chi connectivity index (χ0n) is 12.8. The number of thiophene rings is 1. The number of halogens is 2. The van der Waals surface area contributed by atoms with Crippen LogP contribution in [0.2, 0.25) is 0 Å². The molecule has 3 rings (SSSR count). The van der Waals surface area contributed by atoms with Crippen LogP contribution < -0.4 is 0 Å². The Bertz CT molecular complexity index is 867. The van der Waals surface area contributed by atoms with Crippen LogP contribution in [0.3, 0.4) is 0 Å². The SMILES string of the molecule is Cc1nn(C)c2sc(C(=O)OC(C)c3ccc(F)cc3F)cc12. The number of hydrogen-bond acceptors (Lipinski definition) is 4. The Morgan fingerprint density at radius 1 is 1.35 bits per heavy atom. The predicted molar refractivity (Wildman–Crippen MR) is 83.5 cm³/mol. The Kier molecular flexibility index (Phi) is 3.89. The van der Waals surface area contributed by atoms with Gasteiger partial charge in [0.2, 0.25) is 0 Å². The first-order valence-corrected chi connectivity index (χ1v) is 7.77. The van der Waals surface area contributed by atoms with Gasteiger partial charge in [-0.1, -0.05) is 0 Å². The van der Waals surface area contributed by atoms with Crippen LogP contribution in [0.4, 0.5) is 8.78 Å². The van der Waals surface area contributed by atoms with Gasteiger partial charge in [-0.15, -0.1) is 11.3 Å². The van der Waals surface area contributed by atoms with Gasteiger partial charge >= 0.3 is 5.97 Å². The topological polar surface area (TPSA) is 44.1 Å². The fourth-order valence-electron chi connectivity index (χ4n) is 2.42. The average Bonchev–Trinajstić information content (AvgIpc) is 3.01. The van der Waals surface area contributed by atoms with Gasteiger partial charge in [0, 0.05) is 24.1 Å². The molecule has 0 aliphatic rings. The lowest BCUT2D eigenvalue weighted by Gasteiger charge is -2.13. The lowest BCUT2D eigenvalue weighted by molar-refractivity contribution is 0.0337. The van der Waals surface area contributed by atoms with Crippen molar-refractivity contribution in [1.82, 2.24) is 9.78 Å². The number of aryl methyl sites for hydroxylation is 2. The Morgan fingerprint density at radius 3 is 2.74 bits per heavy atom. The molecule has 23 heavy (non-hydrogen) atoms. The van der Waals surface area contributed by atoms with Crippen LogP contribution in [0.1, 0.15) is 34.0 Å². The second-order valence-corrected chi connectivity index (χ2v) is 6.28. The van der Waals surface area contributed by atoms with E-state index in [1.807, 2.05) is 6.92 Å². The highest BCUT2D eigenvalue weighted by Crippen LogP contribution is 2.30. The van der Waals surface area contributed by atoms with E-state index in [2.05, 4.69) is 5.10 Å². The largest absolute Gasteiger partial charge is 0.453 e. The molecule has 0 saturated heterocycles. The minimum atomic E-state index is -0.812. The lowest BCUT2D eigenvalue weighted by atomic mass is 10.1. The molecule has 0 spiro atoms. The molecule has 1 atom stereocenters. The molecule has 1 aromatic carbocycles. The summed E-state index contributed by atoms with van der Waals surface area (Å²) in [5.74, 6) is -1.94. The van der Waals surface area contributed by atoms with Gasteiger partial charge in [0.25, 0.3) is 0 Å². The van der Waals surface area contributed by atoms with E-state index in [0.717, 1.165) is 28.0 Å². The van der Waals surface area contributed by atoms with Gasteiger partial charge in [0.15, 0.2) is 0 Å². The van der Waals surface area contributed by atoms with Crippen molar-refractivity contribution in [1.29, 1.82) is 0 Å². The third-order valence-corrected chi connectivity index (χ3v) is 4.76. The zero-order valence-corrected chi connectivity index (χ0v) is 13.6. The van der Waals surface area contributed by atoms with Crippen molar-refractivity contribution >= 4 is 27.5 Å². The number of carbonyl (C=O) groups excluding carboxylic acids is 1. The molecule has 0 amide bonds. The summed E-state index contributed by atoms with van der Waals surface area (Å²) in [4.78, 5) is 13.6. The van der Waals surface area contributed by atoms with Crippen LogP contribution in [0.25, 0.3) is 10.2 Å². The minimum absolute atomic E-state index is 0.138. The quantitative estimate of drug-likeness (QED) is 0.675. The van der Waals surface area contributed by atoms with Crippen LogP contribution in [0.15, 0.2) is 24.3 Å². The van der Waals surface area contributed by atoms with E-state index in [1.165, 1.54) is 17.4 Å². The van der Waals surface area contributed by atoms with E-state index in [1.54, 1.807) is 24.7 Å². The fourth-order valence-corrected chi connectivity index (χ4v) is 3.43. The van der Waals surface area contributed by atoms with Crippen molar-refractivity contribution in [3.63, 3.8) is 0 Å². The molecule has 1 unspecified atom stereocenters. The first-order valence-electron chi connectivity index (χ1n) is 6.96. The number of aromatic nitrogens is 2. The third-order valence-electron chi connectivity index (χ3n) is 3.58. The highest BCUT2D eigenvalue weighted by molar-refractivity contribution is 7.20. The Hall–Kier alpha value is -2.28. The molecular weight excluding hydrogens is 322 g/mol. The Morgan fingerprint density at radius 2 is 2.09 bits per heavy atom. The van der Waals surface area contributed by atoms with E-state index in [4.69, 9.17) is 4.74 Å². The van der Waals surface area contributed by atoms with Crippen molar-refractivity contribution < 1.29 is 18.3 Å². The summed E-state index contributed by atoms with van der Waals surface area (Å²) in [6, 6.07) is 4.91. The van der Waals surface area contributed by atoms with Crippen molar-refractivity contribution in [3.8, 4) is 0 Å². The smallest absolute Gasteiger partial charge is 0.349 e. The number of fused-ring (bicyclic) bond motifs is 1. The molecule has 0 aliphatic carbocycles. The summed E-state index contributed by atoms with van der Waals surface area (Å²) in [6.45, 7) is 3.41. The van der Waals surface area contributed by atoms with Gasteiger partial charge in [0.1, 0.15) is 27.4 Å². The first kappa shape index (κ1) is 15.6. The molecule has 3 aromatic rings. The van der Waals surface area contributed by atoms with Crippen molar-refractivity contribution in [2.24, 2.45) is 7.05 Å². The molecule has 0 saturated carbocycles. The van der Waals surface area contributed by atoms with Gasteiger partial charge in [0.05, 0.1) is 5.69 Å². The van der Waals surface area contributed by atoms with E-state index in [9.17, 15) is 13.6 Å². The number of ether oxygens (including phenoxy) is 1. The maximum absolute atomic E-state index is 13.7. The number of benzene rings is 1. The van der Waals surface area contributed by atoms with Gasteiger partial charge in [-0.3, -0.25) is 4.68 Å². The number of nitrogens with zero attached hydrogens (tertiary/aromatic N) is 2. The van der Waals surface area contributed by atoms with Crippen molar-refractivity contribution in [2.75, 3.05) is 0 Å². The number of esters is 1. The number of rotatable bonds is 3. The molecular formula is C16H14F2N2O2S. The molecule has 0 N–H and O–H groups in total. The monoisotopic (exact) mass is 336 g/mol. The highest BCUT2D eigenvalue weighted by atomic mass is 32.1. The van der Waals surface area contributed by atoms with Gasteiger partial charge in [-0.25, -0.2) is 13.6 Å². The second-order valence-electron chi connectivity index (χ2n) is 5.25. The number of carbonyl (C=O) groups is 1. The maximum Gasteiger partial charge on any atom is 0.349 e. The first-order chi connectivity index (χ1) is 10.9. The molecule has 0 radical (unpaired) electrons. The Labute approximate surface area is 135 Å². The molecule has 120 valence electrons. The molecule has 0 fully saturated rings. The standard InChI is InChI=1S/C16H14F2N2O2S/c1-8-12-7-14(23-15(12)20(3)19-8)16(21)22-9(2)11-5-4-10(17)6-13(11)18/h4-7,9H,1-3H3. The maximum atomic E-state index is 13.7. The molecule has 2 heterocycles.